The molecule has 0 amide bonds. The Labute approximate surface area is 123 Å². The third kappa shape index (κ3) is 2.31. The maximum Gasteiger partial charge on any atom is 0.124 e. The van der Waals surface area contributed by atoms with Gasteiger partial charge >= 0.3 is 0 Å². The van der Waals surface area contributed by atoms with Crippen LogP contribution in [0, 0.1) is 6.92 Å². The molecular weight excluding hydrogens is 272 g/mol. The van der Waals surface area contributed by atoms with Gasteiger partial charge < -0.3 is 4.57 Å². The summed E-state index contributed by atoms with van der Waals surface area (Å²) in [6.45, 7) is 2.96. The Morgan fingerprint density at radius 3 is 2.80 bits per heavy atom. The lowest BCUT2D eigenvalue weighted by atomic mass is 10.2. The zero-order valence-corrected chi connectivity index (χ0v) is 12.4. The van der Waals surface area contributed by atoms with Gasteiger partial charge in [0.25, 0.3) is 0 Å². The molecule has 0 bridgehead atoms. The Hall–Kier alpha value is -1.81. The molecule has 0 spiro atoms. The summed E-state index contributed by atoms with van der Waals surface area (Å²) < 4.78 is 4.04. The van der Waals surface area contributed by atoms with Crippen molar-refractivity contribution in [1.82, 2.24) is 19.3 Å². The first-order valence-electron chi connectivity index (χ1n) is 6.68. The number of hydrogen-bond acceptors (Lipinski definition) is 2. The molecule has 0 N–H and O–H groups in total. The van der Waals surface area contributed by atoms with Gasteiger partial charge in [-0.2, -0.15) is 5.10 Å². The Kier molecular flexibility index (Phi) is 3.49. The second-order valence-electron chi connectivity index (χ2n) is 4.99. The number of aryl methyl sites for hydroxylation is 4. The van der Waals surface area contributed by atoms with E-state index in [2.05, 4.69) is 27.6 Å². The molecule has 3 aromatic rings. The van der Waals surface area contributed by atoms with Gasteiger partial charge in [0.05, 0.1) is 22.6 Å². The number of alkyl halides is 1. The predicted molar refractivity (Wildman–Crippen MR) is 80.9 cm³/mol. The molecule has 104 valence electrons. The highest BCUT2D eigenvalue weighted by atomic mass is 35.5. The van der Waals surface area contributed by atoms with Crippen LogP contribution < -0.4 is 0 Å². The Balaban J connectivity index is 1.97. The number of imidazole rings is 1. The number of aromatic nitrogens is 4. The smallest absolute Gasteiger partial charge is 0.124 e. The maximum atomic E-state index is 6.04. The van der Waals surface area contributed by atoms with Crippen molar-refractivity contribution in [1.29, 1.82) is 0 Å². The fourth-order valence-corrected chi connectivity index (χ4v) is 2.78. The normalized spacial score (nSPS) is 11.3. The molecule has 0 atom stereocenters. The van der Waals surface area contributed by atoms with Crippen molar-refractivity contribution >= 4 is 22.6 Å². The zero-order chi connectivity index (χ0) is 14.1. The van der Waals surface area contributed by atoms with Crippen LogP contribution >= 0.6 is 11.6 Å². The molecule has 3 rings (SSSR count). The van der Waals surface area contributed by atoms with Crippen molar-refractivity contribution in [2.24, 2.45) is 7.05 Å². The highest BCUT2D eigenvalue weighted by Crippen LogP contribution is 2.21. The standard InChI is InChI=1S/C15H17ClN4/c1-11-4-3-5-13-15(11)20(14(10-16)17-13)9-7-12-6-8-19(2)18-12/h3-6,8H,7,9-10H2,1-2H3. The highest BCUT2D eigenvalue weighted by Gasteiger charge is 2.12. The Bertz CT molecular complexity index is 741. The molecule has 0 radical (unpaired) electrons. The number of halogens is 1. The number of hydrogen-bond donors (Lipinski definition) is 0. The summed E-state index contributed by atoms with van der Waals surface area (Å²) in [5, 5.41) is 4.42. The van der Waals surface area contributed by atoms with Crippen LogP contribution in [0.1, 0.15) is 17.1 Å². The van der Waals surface area contributed by atoms with Crippen LogP contribution in [-0.2, 0) is 25.9 Å². The van der Waals surface area contributed by atoms with E-state index in [1.807, 2.05) is 36.1 Å². The van der Waals surface area contributed by atoms with Gasteiger partial charge in [-0.15, -0.1) is 11.6 Å². The van der Waals surface area contributed by atoms with E-state index in [0.29, 0.717) is 5.88 Å². The lowest BCUT2D eigenvalue weighted by Gasteiger charge is -2.08. The third-order valence-electron chi connectivity index (χ3n) is 3.53. The number of fused-ring (bicyclic) bond motifs is 1. The first kappa shape index (κ1) is 13.2. The summed E-state index contributed by atoms with van der Waals surface area (Å²) in [6, 6.07) is 8.23. The summed E-state index contributed by atoms with van der Waals surface area (Å²) in [4.78, 5) is 4.61. The minimum absolute atomic E-state index is 0.427. The summed E-state index contributed by atoms with van der Waals surface area (Å²) in [7, 11) is 1.93. The fourth-order valence-electron chi connectivity index (χ4n) is 2.58. The van der Waals surface area contributed by atoms with E-state index < -0.39 is 0 Å². The lowest BCUT2D eigenvalue weighted by molar-refractivity contribution is 0.659. The first-order chi connectivity index (χ1) is 9.69. The van der Waals surface area contributed by atoms with Gasteiger partial charge in [-0.3, -0.25) is 4.68 Å². The monoisotopic (exact) mass is 288 g/mol. The van der Waals surface area contributed by atoms with Gasteiger partial charge in [0.1, 0.15) is 5.82 Å². The van der Waals surface area contributed by atoms with Crippen LogP contribution in [0.4, 0.5) is 0 Å². The second-order valence-corrected chi connectivity index (χ2v) is 5.25. The van der Waals surface area contributed by atoms with Crippen LogP contribution in [0.3, 0.4) is 0 Å². The number of benzene rings is 1. The first-order valence-corrected chi connectivity index (χ1v) is 7.21. The van der Waals surface area contributed by atoms with Crippen LogP contribution in [-0.4, -0.2) is 19.3 Å². The summed E-state index contributed by atoms with van der Waals surface area (Å²) in [5.74, 6) is 1.35. The largest absolute Gasteiger partial charge is 0.326 e. The zero-order valence-electron chi connectivity index (χ0n) is 11.7. The van der Waals surface area contributed by atoms with Crippen molar-refractivity contribution in [2.75, 3.05) is 0 Å². The average molecular weight is 289 g/mol. The van der Waals surface area contributed by atoms with Crippen molar-refractivity contribution < 1.29 is 0 Å². The molecule has 0 saturated carbocycles. The van der Waals surface area contributed by atoms with Crippen LogP contribution in [0.2, 0.25) is 0 Å². The molecule has 20 heavy (non-hydrogen) atoms. The predicted octanol–water partition coefficient (Wildman–Crippen LogP) is 3.06. The van der Waals surface area contributed by atoms with Gasteiger partial charge in [0, 0.05) is 26.2 Å². The molecule has 0 aliphatic carbocycles. The minimum Gasteiger partial charge on any atom is -0.326 e. The van der Waals surface area contributed by atoms with Gasteiger partial charge in [-0.25, -0.2) is 4.98 Å². The van der Waals surface area contributed by atoms with E-state index in [4.69, 9.17) is 11.6 Å². The van der Waals surface area contributed by atoms with Gasteiger partial charge in [-0.05, 0) is 24.6 Å². The number of nitrogens with zero attached hydrogens (tertiary/aromatic N) is 4. The number of para-hydroxylation sites is 1. The molecule has 0 aliphatic rings. The molecule has 2 aromatic heterocycles. The molecule has 0 fully saturated rings. The van der Waals surface area contributed by atoms with E-state index in [0.717, 1.165) is 30.0 Å². The van der Waals surface area contributed by atoms with Crippen LogP contribution in [0.5, 0.6) is 0 Å². The second kappa shape index (κ2) is 5.29. The van der Waals surface area contributed by atoms with Gasteiger partial charge in [0.2, 0.25) is 0 Å². The summed E-state index contributed by atoms with van der Waals surface area (Å²) in [6.07, 6.45) is 2.85. The summed E-state index contributed by atoms with van der Waals surface area (Å²) in [5.41, 5.74) is 4.51. The highest BCUT2D eigenvalue weighted by molar-refractivity contribution is 6.16. The third-order valence-corrected chi connectivity index (χ3v) is 3.77. The van der Waals surface area contributed by atoms with Gasteiger partial charge in [0.15, 0.2) is 0 Å². The molecule has 0 aliphatic heterocycles. The SMILES string of the molecule is Cc1cccc2nc(CCl)n(CCc3ccn(C)n3)c12. The fraction of sp³-hybridized carbons (Fsp3) is 0.333. The maximum absolute atomic E-state index is 6.04. The van der Waals surface area contributed by atoms with Crippen molar-refractivity contribution in [3.63, 3.8) is 0 Å². The quantitative estimate of drug-likeness (QED) is 0.692. The van der Waals surface area contributed by atoms with Crippen molar-refractivity contribution in [3.05, 3.63) is 47.5 Å². The van der Waals surface area contributed by atoms with E-state index in [-0.39, 0.29) is 0 Å². The Morgan fingerprint density at radius 2 is 2.10 bits per heavy atom. The molecule has 1 aromatic carbocycles. The van der Waals surface area contributed by atoms with E-state index in [9.17, 15) is 0 Å². The Morgan fingerprint density at radius 1 is 1.25 bits per heavy atom. The summed E-state index contributed by atoms with van der Waals surface area (Å²) >= 11 is 6.04. The molecular formula is C15H17ClN4. The number of rotatable bonds is 4. The van der Waals surface area contributed by atoms with Crippen molar-refractivity contribution in [2.45, 2.75) is 25.8 Å². The van der Waals surface area contributed by atoms with Crippen LogP contribution in [0.15, 0.2) is 30.5 Å². The molecule has 0 saturated heterocycles. The van der Waals surface area contributed by atoms with E-state index in [1.54, 1.807) is 0 Å². The van der Waals surface area contributed by atoms with Crippen LogP contribution in [0.25, 0.3) is 11.0 Å². The topological polar surface area (TPSA) is 35.6 Å². The van der Waals surface area contributed by atoms with Gasteiger partial charge in [-0.1, -0.05) is 12.1 Å². The van der Waals surface area contributed by atoms with Crippen molar-refractivity contribution in [3.8, 4) is 0 Å². The van der Waals surface area contributed by atoms with E-state index in [1.165, 1.54) is 11.1 Å². The molecule has 0 unspecified atom stereocenters. The lowest BCUT2D eigenvalue weighted by Crippen LogP contribution is -2.06. The minimum atomic E-state index is 0.427. The average Bonchev–Trinajstić information content (AvgIpc) is 3.00. The van der Waals surface area contributed by atoms with E-state index >= 15 is 0 Å². The molecule has 4 nitrogen and oxygen atoms in total. The molecule has 2 heterocycles. The molecule has 5 heteroatoms.